The van der Waals surface area contributed by atoms with Gasteiger partial charge in [0, 0.05) is 0 Å². The van der Waals surface area contributed by atoms with Gasteiger partial charge in [-0.2, -0.15) is 0 Å². The van der Waals surface area contributed by atoms with Crippen LogP contribution in [0.25, 0.3) is 6.08 Å². The SMILES string of the molecule is Cc1ccc(C(C)C)cc1/C=C/CCC(N)C(=O)O. The Balaban J connectivity index is 2.66. The monoisotopic (exact) mass is 261 g/mol. The number of carboxylic acid groups (broad SMARTS) is 1. The molecule has 1 rings (SSSR count). The fraction of sp³-hybridized carbons (Fsp3) is 0.438. The second-order valence-electron chi connectivity index (χ2n) is 5.20. The Morgan fingerprint density at radius 2 is 2.11 bits per heavy atom. The summed E-state index contributed by atoms with van der Waals surface area (Å²) in [5, 5.41) is 8.69. The van der Waals surface area contributed by atoms with Crippen LogP contribution in [0, 0.1) is 6.92 Å². The summed E-state index contributed by atoms with van der Waals surface area (Å²) >= 11 is 0. The first kappa shape index (κ1) is 15.4. The van der Waals surface area contributed by atoms with Crippen molar-refractivity contribution in [1.29, 1.82) is 0 Å². The predicted octanol–water partition coefficient (Wildman–Crippen LogP) is 3.32. The van der Waals surface area contributed by atoms with Crippen molar-refractivity contribution in [3.8, 4) is 0 Å². The number of benzene rings is 1. The highest BCUT2D eigenvalue weighted by Gasteiger charge is 2.09. The molecule has 0 aliphatic carbocycles. The highest BCUT2D eigenvalue weighted by atomic mass is 16.4. The number of carbonyl (C=O) groups is 1. The Morgan fingerprint density at radius 1 is 1.42 bits per heavy atom. The fourth-order valence-electron chi connectivity index (χ4n) is 1.81. The van der Waals surface area contributed by atoms with Gasteiger partial charge in [-0.25, -0.2) is 0 Å². The maximum absolute atomic E-state index is 10.6. The average molecular weight is 261 g/mol. The second kappa shape index (κ2) is 7.10. The highest BCUT2D eigenvalue weighted by Crippen LogP contribution is 2.19. The molecule has 0 radical (unpaired) electrons. The van der Waals surface area contributed by atoms with Crippen LogP contribution in [0.1, 0.15) is 49.3 Å². The van der Waals surface area contributed by atoms with Gasteiger partial charge in [-0.05, 0) is 42.4 Å². The predicted molar refractivity (Wildman–Crippen MR) is 79.1 cm³/mol. The Hall–Kier alpha value is -1.61. The number of aliphatic carboxylic acids is 1. The first-order valence-electron chi connectivity index (χ1n) is 6.67. The molecule has 3 heteroatoms. The molecule has 0 aliphatic rings. The van der Waals surface area contributed by atoms with Crippen molar-refractivity contribution in [2.24, 2.45) is 5.73 Å². The van der Waals surface area contributed by atoms with E-state index in [2.05, 4.69) is 45.0 Å². The minimum absolute atomic E-state index is 0.467. The first-order chi connectivity index (χ1) is 8.91. The van der Waals surface area contributed by atoms with Crippen molar-refractivity contribution in [2.45, 2.75) is 45.6 Å². The van der Waals surface area contributed by atoms with Crippen LogP contribution in [0.15, 0.2) is 24.3 Å². The molecule has 0 fully saturated rings. The van der Waals surface area contributed by atoms with Crippen LogP contribution < -0.4 is 5.73 Å². The molecule has 0 aromatic heterocycles. The van der Waals surface area contributed by atoms with Crippen molar-refractivity contribution < 1.29 is 9.90 Å². The minimum Gasteiger partial charge on any atom is -0.480 e. The third kappa shape index (κ3) is 4.87. The van der Waals surface area contributed by atoms with E-state index in [1.807, 2.05) is 6.08 Å². The van der Waals surface area contributed by atoms with Crippen molar-refractivity contribution in [3.05, 3.63) is 41.0 Å². The Bertz CT molecular complexity index is 464. The van der Waals surface area contributed by atoms with E-state index in [0.29, 0.717) is 18.8 Å². The topological polar surface area (TPSA) is 63.3 Å². The summed E-state index contributed by atoms with van der Waals surface area (Å²) in [5.41, 5.74) is 9.18. The van der Waals surface area contributed by atoms with Gasteiger partial charge in [-0.1, -0.05) is 44.2 Å². The van der Waals surface area contributed by atoms with Crippen LogP contribution in [-0.2, 0) is 4.79 Å². The number of hydrogen-bond donors (Lipinski definition) is 2. The summed E-state index contributed by atoms with van der Waals surface area (Å²) in [7, 11) is 0. The molecule has 1 aromatic rings. The van der Waals surface area contributed by atoms with Crippen molar-refractivity contribution in [3.63, 3.8) is 0 Å². The van der Waals surface area contributed by atoms with Crippen LogP contribution in [0.4, 0.5) is 0 Å². The van der Waals surface area contributed by atoms with Gasteiger partial charge >= 0.3 is 5.97 Å². The summed E-state index contributed by atoms with van der Waals surface area (Å²) in [6.45, 7) is 6.42. The molecule has 0 amide bonds. The molecule has 3 nitrogen and oxygen atoms in total. The van der Waals surface area contributed by atoms with E-state index < -0.39 is 12.0 Å². The van der Waals surface area contributed by atoms with Gasteiger partial charge < -0.3 is 10.8 Å². The van der Waals surface area contributed by atoms with Crippen LogP contribution in [0.3, 0.4) is 0 Å². The van der Waals surface area contributed by atoms with E-state index in [-0.39, 0.29) is 0 Å². The zero-order valence-electron chi connectivity index (χ0n) is 11.9. The molecule has 19 heavy (non-hydrogen) atoms. The van der Waals surface area contributed by atoms with Gasteiger partial charge in [0.15, 0.2) is 0 Å². The highest BCUT2D eigenvalue weighted by molar-refractivity contribution is 5.73. The normalized spacial score (nSPS) is 13.1. The van der Waals surface area contributed by atoms with Crippen molar-refractivity contribution in [1.82, 2.24) is 0 Å². The molecule has 0 saturated heterocycles. The molecular formula is C16H23NO2. The number of allylic oxidation sites excluding steroid dienone is 1. The van der Waals surface area contributed by atoms with Gasteiger partial charge in [-0.15, -0.1) is 0 Å². The van der Waals surface area contributed by atoms with Crippen molar-refractivity contribution >= 4 is 12.0 Å². The molecule has 0 bridgehead atoms. The van der Waals surface area contributed by atoms with Crippen molar-refractivity contribution in [2.75, 3.05) is 0 Å². The lowest BCUT2D eigenvalue weighted by Crippen LogP contribution is -2.29. The number of rotatable bonds is 6. The zero-order chi connectivity index (χ0) is 14.4. The van der Waals surface area contributed by atoms with E-state index >= 15 is 0 Å². The van der Waals surface area contributed by atoms with E-state index in [1.54, 1.807) is 0 Å². The summed E-state index contributed by atoms with van der Waals surface area (Å²) in [6.07, 6.45) is 5.19. The summed E-state index contributed by atoms with van der Waals surface area (Å²) < 4.78 is 0. The maximum atomic E-state index is 10.6. The molecule has 1 unspecified atom stereocenters. The van der Waals surface area contributed by atoms with Gasteiger partial charge in [0.2, 0.25) is 0 Å². The van der Waals surface area contributed by atoms with Gasteiger partial charge in [-0.3, -0.25) is 4.79 Å². The first-order valence-corrected chi connectivity index (χ1v) is 6.67. The number of aryl methyl sites for hydroxylation is 1. The Kier molecular flexibility index (Phi) is 5.77. The van der Waals surface area contributed by atoms with Gasteiger partial charge in [0.05, 0.1) is 0 Å². The average Bonchev–Trinajstić information content (AvgIpc) is 2.35. The lowest BCUT2D eigenvalue weighted by Gasteiger charge is -2.08. The summed E-state index contributed by atoms with van der Waals surface area (Å²) in [5.74, 6) is -0.431. The van der Waals surface area contributed by atoms with E-state index in [1.165, 1.54) is 16.7 Å². The molecular weight excluding hydrogens is 238 g/mol. The second-order valence-corrected chi connectivity index (χ2v) is 5.20. The fourth-order valence-corrected chi connectivity index (χ4v) is 1.81. The third-order valence-electron chi connectivity index (χ3n) is 3.23. The molecule has 1 aromatic carbocycles. The number of nitrogens with two attached hydrogens (primary N) is 1. The van der Waals surface area contributed by atoms with Crippen LogP contribution in [0.2, 0.25) is 0 Å². The largest absolute Gasteiger partial charge is 0.480 e. The standard InChI is InChI=1S/C16H23NO2/c1-11(2)13-9-8-12(3)14(10-13)6-4-5-7-15(17)16(18)19/h4,6,8-11,15H,5,7,17H2,1-3H3,(H,18,19)/b6-4+. The summed E-state index contributed by atoms with van der Waals surface area (Å²) in [4.78, 5) is 10.6. The Morgan fingerprint density at radius 3 is 2.68 bits per heavy atom. The van der Waals surface area contributed by atoms with Gasteiger partial charge in [0.25, 0.3) is 0 Å². The van der Waals surface area contributed by atoms with Crippen LogP contribution >= 0.6 is 0 Å². The van der Waals surface area contributed by atoms with E-state index in [9.17, 15) is 4.79 Å². The van der Waals surface area contributed by atoms with Crippen LogP contribution in [-0.4, -0.2) is 17.1 Å². The molecule has 0 aliphatic heterocycles. The number of hydrogen-bond acceptors (Lipinski definition) is 2. The third-order valence-corrected chi connectivity index (χ3v) is 3.23. The quantitative estimate of drug-likeness (QED) is 0.825. The lowest BCUT2D eigenvalue weighted by atomic mass is 9.97. The molecule has 104 valence electrons. The molecule has 1 atom stereocenters. The molecule has 0 spiro atoms. The molecule has 0 saturated carbocycles. The lowest BCUT2D eigenvalue weighted by molar-refractivity contribution is -0.138. The van der Waals surface area contributed by atoms with Crippen LogP contribution in [0.5, 0.6) is 0 Å². The smallest absolute Gasteiger partial charge is 0.320 e. The minimum atomic E-state index is -0.939. The molecule has 0 heterocycles. The maximum Gasteiger partial charge on any atom is 0.320 e. The van der Waals surface area contributed by atoms with E-state index in [0.717, 1.165) is 0 Å². The molecule has 3 N–H and O–H groups in total. The zero-order valence-corrected chi connectivity index (χ0v) is 11.9. The van der Waals surface area contributed by atoms with Gasteiger partial charge in [0.1, 0.15) is 6.04 Å². The Labute approximate surface area is 115 Å². The number of carboxylic acids is 1. The summed E-state index contributed by atoms with van der Waals surface area (Å²) in [6, 6.07) is 5.69. The van der Waals surface area contributed by atoms with E-state index in [4.69, 9.17) is 10.8 Å².